The average molecular weight is 620 g/mol. The van der Waals surface area contributed by atoms with Gasteiger partial charge in [0.15, 0.2) is 0 Å². The first-order valence-corrected chi connectivity index (χ1v) is 12.7. The summed E-state index contributed by atoms with van der Waals surface area (Å²) in [5.74, 6) is -0.0727. The van der Waals surface area contributed by atoms with Gasteiger partial charge < -0.3 is 5.32 Å². The van der Waals surface area contributed by atoms with E-state index in [9.17, 15) is 35.1 Å². The monoisotopic (exact) mass is 619 g/mol. The van der Waals surface area contributed by atoms with Crippen LogP contribution in [0.15, 0.2) is 91.0 Å². The van der Waals surface area contributed by atoms with Gasteiger partial charge in [-0.3, -0.25) is 0 Å². The summed E-state index contributed by atoms with van der Waals surface area (Å²) < 4.78 is 103. The molecule has 11 heteroatoms. The smallest absolute Gasteiger partial charge is 0.362 e. The zero-order valence-electron chi connectivity index (χ0n) is 22.0. The van der Waals surface area contributed by atoms with Crippen LogP contribution < -0.4 is 5.32 Å². The number of thiocarbonyl (C=S) groups is 1. The van der Waals surface area contributed by atoms with Crippen molar-refractivity contribution in [1.29, 1.82) is 0 Å². The van der Waals surface area contributed by atoms with Crippen molar-refractivity contribution >= 4 is 23.5 Å². The predicted molar refractivity (Wildman–Crippen MR) is 150 cm³/mol. The minimum Gasteiger partial charge on any atom is -0.362 e. The molecular formula is C32H21F8NOS. The Morgan fingerprint density at radius 3 is 2.00 bits per heavy atom. The number of nitrogens with one attached hydrogen (secondary N) is 1. The summed E-state index contributed by atoms with van der Waals surface area (Å²) in [6.07, 6.45) is -2.05. The quantitative estimate of drug-likeness (QED) is 0.0971. The van der Waals surface area contributed by atoms with Gasteiger partial charge in [0.25, 0.3) is 0 Å². The molecule has 2 nitrogen and oxygen atoms in total. The van der Waals surface area contributed by atoms with Gasteiger partial charge in [-0.25, -0.2) is 18.0 Å². The van der Waals surface area contributed by atoms with E-state index in [1.807, 2.05) is 18.2 Å². The number of hydrogen-bond donors (Lipinski definition) is 1. The van der Waals surface area contributed by atoms with E-state index >= 15 is 0 Å². The zero-order chi connectivity index (χ0) is 31.8. The molecule has 0 aliphatic rings. The second-order valence-electron chi connectivity index (χ2n) is 9.18. The van der Waals surface area contributed by atoms with Gasteiger partial charge in [0.1, 0.15) is 22.4 Å². The predicted octanol–water partition coefficient (Wildman–Crippen LogP) is 8.80. The number of carbonyl (C=O) groups is 1. The maximum absolute atomic E-state index is 14.9. The summed E-state index contributed by atoms with van der Waals surface area (Å²) in [7, 11) is 0. The van der Waals surface area contributed by atoms with Gasteiger partial charge in [-0.15, -0.1) is 21.1 Å². The van der Waals surface area contributed by atoms with Crippen LogP contribution in [0.3, 0.4) is 0 Å². The molecule has 4 aromatic carbocycles. The first kappa shape index (κ1) is 32.9. The van der Waals surface area contributed by atoms with Crippen LogP contribution >= 0.6 is 12.2 Å². The maximum Gasteiger partial charge on any atom is 0.483 e. The fraction of sp³-hybridized carbons (Fsp3) is 0.125. The fourth-order valence-electron chi connectivity index (χ4n) is 4.46. The lowest BCUT2D eigenvalue weighted by Gasteiger charge is -2.38. The molecule has 0 radical (unpaired) electrons. The van der Waals surface area contributed by atoms with E-state index in [1.54, 1.807) is 18.2 Å². The third-order valence-corrected chi connectivity index (χ3v) is 6.60. The third kappa shape index (κ3) is 8.72. The minimum atomic E-state index is -4.94. The largest absolute Gasteiger partial charge is 0.483 e. The van der Waals surface area contributed by atoms with E-state index in [-0.39, 0.29) is 23.4 Å². The summed E-state index contributed by atoms with van der Waals surface area (Å²) in [4.78, 5) is 7.96. The summed E-state index contributed by atoms with van der Waals surface area (Å²) in [5, 5.41) is 3.14. The van der Waals surface area contributed by atoms with Crippen LogP contribution in [0.2, 0.25) is 0 Å². The Labute approximate surface area is 247 Å². The number of benzene rings is 4. The molecule has 1 atom stereocenters. The number of hydrogen-bond acceptors (Lipinski definition) is 2. The number of carbonyl (C=O) groups excluding carboxylic acids is 1. The molecule has 43 heavy (non-hydrogen) atoms. The highest BCUT2D eigenvalue weighted by atomic mass is 32.1. The standard InChI is InChI=1S/C31H21F6NS.CF2O/c1-2-6-21-15-24(18-26(33)16-21)30(19-20-7-4-3-5-8-20,23-10-12-25(32)13-11-23)38-29(39)22-9-14-28(34)27(17-22)31(35,36)37;2-1(3)4/h1,3-5,7-18H,6,19H2,(H,38,39);/t30-;/m1./s1. The highest BCUT2D eigenvalue weighted by Gasteiger charge is 2.38. The topological polar surface area (TPSA) is 29.1 Å². The van der Waals surface area contributed by atoms with Crippen LogP contribution in [-0.4, -0.2) is 11.3 Å². The highest BCUT2D eigenvalue weighted by molar-refractivity contribution is 7.80. The summed E-state index contributed by atoms with van der Waals surface area (Å²) >= 11 is 5.55. The fourth-order valence-corrected chi connectivity index (χ4v) is 4.76. The Morgan fingerprint density at radius 1 is 0.791 bits per heavy atom. The molecule has 4 rings (SSSR count). The third-order valence-electron chi connectivity index (χ3n) is 6.27. The molecule has 0 fully saturated rings. The molecule has 4 aromatic rings. The first-order valence-electron chi connectivity index (χ1n) is 12.3. The van der Waals surface area contributed by atoms with Gasteiger partial charge in [0.2, 0.25) is 0 Å². The second-order valence-corrected chi connectivity index (χ2v) is 9.58. The van der Waals surface area contributed by atoms with E-state index in [4.69, 9.17) is 23.4 Å². The lowest BCUT2D eigenvalue weighted by atomic mass is 9.77. The van der Waals surface area contributed by atoms with E-state index in [2.05, 4.69) is 11.2 Å². The molecule has 0 amide bonds. The number of rotatable bonds is 7. The van der Waals surface area contributed by atoms with Gasteiger partial charge in [-0.2, -0.15) is 13.2 Å². The Hall–Kier alpha value is -4.56. The molecular weight excluding hydrogens is 598 g/mol. The van der Waals surface area contributed by atoms with E-state index < -0.39 is 41.0 Å². The number of alkyl halides is 3. The Kier molecular flexibility index (Phi) is 10.8. The van der Waals surface area contributed by atoms with E-state index in [0.717, 1.165) is 11.6 Å². The minimum absolute atomic E-state index is 0.0986. The van der Waals surface area contributed by atoms with E-state index in [1.165, 1.54) is 36.4 Å². The molecule has 222 valence electrons. The zero-order valence-corrected chi connectivity index (χ0v) is 22.8. The van der Waals surface area contributed by atoms with Crippen molar-refractivity contribution in [3.63, 3.8) is 0 Å². The van der Waals surface area contributed by atoms with E-state index in [0.29, 0.717) is 28.8 Å². The summed E-state index contributed by atoms with van der Waals surface area (Å²) in [5.41, 5.74) is -0.866. The molecule has 0 aliphatic heterocycles. The second kappa shape index (κ2) is 14.1. The highest BCUT2D eigenvalue weighted by Crippen LogP contribution is 2.37. The average Bonchev–Trinajstić information content (AvgIpc) is 2.93. The molecule has 0 bridgehead atoms. The number of terminal acetylenes is 1. The van der Waals surface area contributed by atoms with Gasteiger partial charge in [-0.1, -0.05) is 60.7 Å². The maximum atomic E-state index is 14.9. The summed E-state index contributed by atoms with van der Waals surface area (Å²) in [6, 6.07) is 21.2. The van der Waals surface area contributed by atoms with Crippen LogP contribution in [0, 0.1) is 29.8 Å². The Morgan fingerprint density at radius 2 is 1.42 bits per heavy atom. The molecule has 0 spiro atoms. The van der Waals surface area contributed by atoms with Crippen molar-refractivity contribution in [2.75, 3.05) is 0 Å². The Balaban J connectivity index is 0.00000119. The molecule has 1 N–H and O–H groups in total. The molecule has 0 aromatic heterocycles. The van der Waals surface area contributed by atoms with Crippen molar-refractivity contribution in [2.45, 2.75) is 24.6 Å². The lowest BCUT2D eigenvalue weighted by Crippen LogP contribution is -2.48. The van der Waals surface area contributed by atoms with Crippen molar-refractivity contribution in [1.82, 2.24) is 5.32 Å². The van der Waals surface area contributed by atoms with Gasteiger partial charge in [0.05, 0.1) is 11.1 Å². The van der Waals surface area contributed by atoms with Gasteiger partial charge >= 0.3 is 12.5 Å². The van der Waals surface area contributed by atoms with Crippen molar-refractivity contribution in [3.05, 3.63) is 142 Å². The number of halogens is 8. The van der Waals surface area contributed by atoms with Crippen molar-refractivity contribution in [2.24, 2.45) is 0 Å². The van der Waals surface area contributed by atoms with Crippen LogP contribution in [-0.2, 0) is 24.6 Å². The SMILES string of the molecule is C#CCc1cc(F)cc([C@](Cc2ccccc2)(NC(=S)c2ccc(F)c(C(F)(F)F)c2)c2ccc(F)cc2)c1.O=C(F)F. The molecule has 0 aliphatic carbocycles. The Bertz CT molecular complexity index is 1630. The lowest BCUT2D eigenvalue weighted by molar-refractivity contribution is -0.140. The molecule has 0 saturated carbocycles. The van der Waals surface area contributed by atoms with Crippen LogP contribution in [0.5, 0.6) is 0 Å². The van der Waals surface area contributed by atoms with Gasteiger partial charge in [0, 0.05) is 18.4 Å². The normalized spacial score (nSPS) is 12.3. The summed E-state index contributed by atoms with van der Waals surface area (Å²) in [6.45, 7) is 0. The molecule has 0 saturated heterocycles. The van der Waals surface area contributed by atoms with Crippen LogP contribution in [0.25, 0.3) is 0 Å². The van der Waals surface area contributed by atoms with Crippen LogP contribution in [0.4, 0.5) is 39.9 Å². The van der Waals surface area contributed by atoms with Gasteiger partial charge in [-0.05, 0) is 64.7 Å². The van der Waals surface area contributed by atoms with Crippen LogP contribution in [0.1, 0.15) is 33.4 Å². The first-order chi connectivity index (χ1) is 20.2. The molecule has 0 unspecified atom stereocenters. The van der Waals surface area contributed by atoms with Crippen molar-refractivity contribution < 1.29 is 39.9 Å². The van der Waals surface area contributed by atoms with Crippen molar-refractivity contribution in [3.8, 4) is 12.3 Å². The molecule has 0 heterocycles.